The lowest BCUT2D eigenvalue weighted by Gasteiger charge is -2.17. The van der Waals surface area contributed by atoms with Gasteiger partial charge < -0.3 is 20.3 Å². The van der Waals surface area contributed by atoms with Crippen LogP contribution in [0.4, 0.5) is 5.69 Å². The Morgan fingerprint density at radius 3 is 2.27 bits per heavy atom. The molecule has 2 amide bonds. The first kappa shape index (κ1) is 31.2. The van der Waals surface area contributed by atoms with Crippen molar-refractivity contribution in [2.45, 2.75) is 25.2 Å². The minimum Gasteiger partial charge on any atom is -0.454 e. The molecule has 0 aliphatic heterocycles. The summed E-state index contributed by atoms with van der Waals surface area (Å²) in [6.07, 6.45) is 0.816. The summed E-state index contributed by atoms with van der Waals surface area (Å²) in [7, 11) is -4.02. The average molecular weight is 608 g/mol. The zero-order valence-corrected chi connectivity index (χ0v) is 24.6. The highest BCUT2D eigenvalue weighted by Gasteiger charge is 2.18. The van der Waals surface area contributed by atoms with Crippen LogP contribution in [0.1, 0.15) is 30.6 Å². The second-order valence-electron chi connectivity index (χ2n) is 8.72. The van der Waals surface area contributed by atoms with Gasteiger partial charge in [-0.25, -0.2) is 8.42 Å². The summed E-state index contributed by atoms with van der Waals surface area (Å²) in [5.74, 6) is -0.245. The minimum atomic E-state index is -4.02. The highest BCUT2D eigenvalue weighted by molar-refractivity contribution is 7.92. The van der Waals surface area contributed by atoms with Crippen molar-refractivity contribution < 1.29 is 22.7 Å². The van der Waals surface area contributed by atoms with Crippen molar-refractivity contribution in [2.75, 3.05) is 37.4 Å². The Balaban J connectivity index is 1.57. The van der Waals surface area contributed by atoms with Crippen molar-refractivity contribution >= 4 is 50.7 Å². The number of nitrogens with zero attached hydrogens (tertiary/aromatic N) is 1. The van der Waals surface area contributed by atoms with Crippen LogP contribution in [0.3, 0.4) is 0 Å². The molecule has 3 rings (SSSR count). The molecule has 0 saturated carbocycles. The van der Waals surface area contributed by atoms with Crippen LogP contribution in [0.2, 0.25) is 10.0 Å². The molecule has 0 heterocycles. The van der Waals surface area contributed by atoms with Crippen LogP contribution >= 0.6 is 23.2 Å². The van der Waals surface area contributed by atoms with Crippen molar-refractivity contribution in [3.8, 4) is 11.5 Å². The van der Waals surface area contributed by atoms with Gasteiger partial charge in [0, 0.05) is 17.1 Å². The Morgan fingerprint density at radius 1 is 0.900 bits per heavy atom. The van der Waals surface area contributed by atoms with E-state index in [4.69, 9.17) is 27.9 Å². The lowest BCUT2D eigenvalue weighted by atomic mass is 10.2. The average Bonchev–Trinajstić information content (AvgIpc) is 2.94. The fraction of sp³-hybridized carbons (Fsp3) is 0.286. The number of carbonyl (C=O) groups is 2. The van der Waals surface area contributed by atoms with Crippen molar-refractivity contribution in [3.63, 3.8) is 0 Å². The number of halogens is 2. The van der Waals surface area contributed by atoms with Crippen LogP contribution < -0.4 is 20.1 Å². The van der Waals surface area contributed by atoms with Gasteiger partial charge >= 0.3 is 0 Å². The maximum Gasteiger partial charge on any atom is 0.262 e. The van der Waals surface area contributed by atoms with Crippen molar-refractivity contribution in [1.29, 1.82) is 0 Å². The zero-order valence-electron chi connectivity index (χ0n) is 22.2. The molecule has 214 valence electrons. The molecule has 0 fully saturated rings. The fourth-order valence-corrected chi connectivity index (χ4v) is 5.22. The van der Waals surface area contributed by atoms with E-state index in [-0.39, 0.29) is 39.4 Å². The Hall–Kier alpha value is -3.31. The molecule has 3 aromatic rings. The number of carbonyl (C=O) groups excluding carboxylic acids is 2. The molecule has 0 unspecified atom stereocenters. The molecule has 0 aromatic heterocycles. The van der Waals surface area contributed by atoms with Crippen molar-refractivity contribution in [1.82, 2.24) is 15.5 Å². The molecule has 0 aliphatic rings. The fourth-order valence-electron chi connectivity index (χ4n) is 3.70. The first-order chi connectivity index (χ1) is 19.1. The van der Waals surface area contributed by atoms with Gasteiger partial charge in [-0.2, -0.15) is 0 Å². The van der Waals surface area contributed by atoms with E-state index in [1.807, 2.05) is 0 Å². The maximum atomic E-state index is 13.1. The highest BCUT2D eigenvalue weighted by Crippen LogP contribution is 2.35. The summed E-state index contributed by atoms with van der Waals surface area (Å²) in [4.78, 5) is 26.7. The Morgan fingerprint density at radius 2 is 1.60 bits per heavy atom. The van der Waals surface area contributed by atoms with E-state index in [2.05, 4.69) is 34.1 Å². The normalized spacial score (nSPS) is 11.2. The van der Waals surface area contributed by atoms with Crippen LogP contribution in [-0.4, -0.2) is 57.9 Å². The van der Waals surface area contributed by atoms with Crippen LogP contribution in [0.25, 0.3) is 0 Å². The Bertz CT molecular complexity index is 1410. The third-order valence-electron chi connectivity index (χ3n) is 5.95. The van der Waals surface area contributed by atoms with E-state index >= 15 is 0 Å². The van der Waals surface area contributed by atoms with E-state index in [0.717, 1.165) is 26.1 Å². The number of amides is 2. The zero-order chi connectivity index (χ0) is 29.1. The number of rotatable bonds is 14. The number of sulfonamides is 1. The minimum absolute atomic E-state index is 0.0608. The van der Waals surface area contributed by atoms with Gasteiger partial charge in [-0.15, -0.1) is 0 Å². The molecule has 0 spiro atoms. The first-order valence-electron chi connectivity index (χ1n) is 12.7. The van der Waals surface area contributed by atoms with Gasteiger partial charge in [0.25, 0.3) is 15.9 Å². The Kier molecular flexibility index (Phi) is 11.6. The lowest BCUT2D eigenvalue weighted by molar-refractivity contribution is -0.120. The second kappa shape index (κ2) is 14.9. The smallest absolute Gasteiger partial charge is 0.262 e. The summed E-state index contributed by atoms with van der Waals surface area (Å²) in [5.41, 5.74) is 0.410. The third kappa shape index (κ3) is 9.12. The summed E-state index contributed by atoms with van der Waals surface area (Å²) >= 11 is 12.1. The van der Waals surface area contributed by atoms with Gasteiger partial charge in [-0.05, 0) is 80.7 Å². The van der Waals surface area contributed by atoms with Crippen LogP contribution in [0.5, 0.6) is 11.5 Å². The molecule has 9 nitrogen and oxygen atoms in total. The number of benzene rings is 3. The molecule has 0 radical (unpaired) electrons. The molecular weight excluding hydrogens is 575 g/mol. The molecule has 12 heteroatoms. The third-order valence-corrected chi connectivity index (χ3v) is 7.86. The summed E-state index contributed by atoms with van der Waals surface area (Å²) in [5, 5.41) is 6.03. The molecule has 0 saturated heterocycles. The van der Waals surface area contributed by atoms with E-state index in [1.54, 1.807) is 36.4 Å². The predicted molar refractivity (Wildman–Crippen MR) is 158 cm³/mol. The molecule has 0 bridgehead atoms. The number of nitrogens with one attached hydrogen (secondary N) is 3. The number of anilines is 1. The molecule has 0 aliphatic carbocycles. The SMILES string of the molecule is CCN(CC)CCCNC(=O)CNC(=O)c1ccc(S(=O)(=O)Nc2ccccc2Oc2ccc(Cl)cc2Cl)cc1. The number of hydrogen-bond donors (Lipinski definition) is 3. The number of para-hydroxylation sites is 2. The highest BCUT2D eigenvalue weighted by atomic mass is 35.5. The largest absolute Gasteiger partial charge is 0.454 e. The van der Waals surface area contributed by atoms with Crippen molar-refractivity contribution in [2.24, 2.45) is 0 Å². The monoisotopic (exact) mass is 606 g/mol. The predicted octanol–water partition coefficient (Wildman–Crippen LogP) is 5.16. The van der Waals surface area contributed by atoms with Gasteiger partial charge in [-0.1, -0.05) is 49.2 Å². The number of ether oxygens (including phenoxy) is 1. The summed E-state index contributed by atoms with van der Waals surface area (Å²) in [6, 6.07) is 16.6. The molecule has 3 N–H and O–H groups in total. The maximum absolute atomic E-state index is 13.1. The molecule has 40 heavy (non-hydrogen) atoms. The van der Waals surface area contributed by atoms with E-state index < -0.39 is 15.9 Å². The van der Waals surface area contributed by atoms with Gasteiger partial charge in [0.15, 0.2) is 5.75 Å². The van der Waals surface area contributed by atoms with Gasteiger partial charge in [0.05, 0.1) is 22.2 Å². The van der Waals surface area contributed by atoms with Crippen molar-refractivity contribution in [3.05, 3.63) is 82.3 Å². The molecular formula is C28H32Cl2N4O5S. The number of hydrogen-bond acceptors (Lipinski definition) is 6. The topological polar surface area (TPSA) is 117 Å². The van der Waals surface area contributed by atoms with E-state index in [9.17, 15) is 18.0 Å². The van der Waals surface area contributed by atoms with Gasteiger partial charge in [0.1, 0.15) is 5.75 Å². The lowest BCUT2D eigenvalue weighted by Crippen LogP contribution is -2.38. The molecule has 0 atom stereocenters. The van der Waals surface area contributed by atoms with Gasteiger partial charge in [-0.3, -0.25) is 14.3 Å². The second-order valence-corrected chi connectivity index (χ2v) is 11.2. The van der Waals surface area contributed by atoms with E-state index in [1.165, 1.54) is 30.3 Å². The van der Waals surface area contributed by atoms with Crippen LogP contribution in [0, 0.1) is 0 Å². The molecule has 3 aromatic carbocycles. The van der Waals surface area contributed by atoms with Gasteiger partial charge in [0.2, 0.25) is 5.91 Å². The quantitative estimate of drug-likeness (QED) is 0.218. The van der Waals surface area contributed by atoms with Crippen LogP contribution in [-0.2, 0) is 14.8 Å². The summed E-state index contributed by atoms with van der Waals surface area (Å²) in [6.45, 7) is 7.32. The van der Waals surface area contributed by atoms with Crippen LogP contribution in [0.15, 0.2) is 71.6 Å². The Labute approximate surface area is 244 Å². The summed E-state index contributed by atoms with van der Waals surface area (Å²) < 4.78 is 34.4. The van der Waals surface area contributed by atoms with E-state index in [0.29, 0.717) is 17.3 Å². The standard InChI is InChI=1S/C28H32Cl2N4O5S/c1-3-34(4-2)17-7-16-31-27(35)19-32-28(36)20-10-13-22(14-11-20)40(37,38)33-24-8-5-6-9-26(24)39-25-15-12-21(29)18-23(25)30/h5-6,8-15,18,33H,3-4,7,16-17,19H2,1-2H3,(H,31,35)(H,32,36). The first-order valence-corrected chi connectivity index (χ1v) is 15.0.